The number of ether oxygens (including phenoxy) is 2. The van der Waals surface area contributed by atoms with Crippen LogP contribution in [-0.4, -0.2) is 42.9 Å². The monoisotopic (exact) mass is 345 g/mol. The lowest BCUT2D eigenvalue weighted by Gasteiger charge is -2.23. The summed E-state index contributed by atoms with van der Waals surface area (Å²) in [6.07, 6.45) is 25.8. The Morgan fingerprint density at radius 3 is 1.88 bits per heavy atom. The van der Waals surface area contributed by atoms with Gasteiger partial charge in [-0.1, -0.05) is 29.6 Å². The Morgan fingerprint density at radius 2 is 1.42 bits per heavy atom. The van der Waals surface area contributed by atoms with Crippen molar-refractivity contribution < 1.29 is 14.6 Å². The van der Waals surface area contributed by atoms with E-state index < -0.39 is 6.10 Å². The normalized spacial score (nSPS) is 10.5. The molecule has 0 spiro atoms. The molecule has 4 heteroatoms. The van der Waals surface area contributed by atoms with Crippen LogP contribution in [0.2, 0.25) is 0 Å². The fraction of sp³-hybridized carbons (Fsp3) is 0.273. The maximum atomic E-state index is 10.6. The van der Waals surface area contributed by atoms with E-state index in [1.54, 1.807) is 17.0 Å². The Kier molecular flexibility index (Phi) is 8.83. The van der Waals surface area contributed by atoms with Gasteiger partial charge in [0.05, 0.1) is 19.2 Å². The highest BCUT2D eigenvalue weighted by molar-refractivity contribution is 5.53. The van der Waals surface area contributed by atoms with Gasteiger partial charge in [0.1, 0.15) is 13.2 Å². The number of aliphatic hydroxyl groups is 1. The van der Waals surface area contributed by atoms with Gasteiger partial charge in [0.25, 0.3) is 0 Å². The van der Waals surface area contributed by atoms with Crippen molar-refractivity contribution in [2.75, 3.05) is 32.8 Å². The van der Waals surface area contributed by atoms with Gasteiger partial charge in [0, 0.05) is 23.7 Å². The van der Waals surface area contributed by atoms with E-state index in [1.807, 2.05) is 0 Å². The lowest BCUT2D eigenvalue weighted by Crippen LogP contribution is -2.29. The van der Waals surface area contributed by atoms with Crippen LogP contribution in [0, 0.1) is 61.7 Å². The molecule has 26 heavy (non-hydrogen) atoms. The zero-order valence-corrected chi connectivity index (χ0v) is 14.4. The molecule has 0 aromatic heterocycles. The van der Waals surface area contributed by atoms with Crippen LogP contribution in [-0.2, 0) is 0 Å². The van der Waals surface area contributed by atoms with Gasteiger partial charge in [-0.3, -0.25) is 4.90 Å². The van der Waals surface area contributed by atoms with Crippen LogP contribution in [0.15, 0.2) is 12.1 Å². The van der Waals surface area contributed by atoms with Crippen molar-refractivity contribution in [1.82, 2.24) is 4.90 Å². The summed E-state index contributed by atoms with van der Waals surface area (Å²) in [6, 6.07) is 3.17. The molecule has 1 N–H and O–H groups in total. The Labute approximate surface area is 155 Å². The Morgan fingerprint density at radius 1 is 0.885 bits per heavy atom. The van der Waals surface area contributed by atoms with Crippen LogP contribution in [0.4, 0.5) is 0 Å². The minimum atomic E-state index is -0.933. The molecule has 130 valence electrons. The Hall–Kier alpha value is -3.46. The first-order valence-electron chi connectivity index (χ1n) is 7.65. The molecule has 4 nitrogen and oxygen atoms in total. The van der Waals surface area contributed by atoms with Gasteiger partial charge in [-0.15, -0.1) is 32.1 Å². The maximum absolute atomic E-state index is 10.6. The van der Waals surface area contributed by atoms with Crippen molar-refractivity contribution >= 4 is 0 Å². The zero-order chi connectivity index (χ0) is 19.4. The first-order valence-corrected chi connectivity index (χ1v) is 7.65. The van der Waals surface area contributed by atoms with Gasteiger partial charge in [-0.2, -0.15) is 0 Å². The summed E-state index contributed by atoms with van der Waals surface area (Å²) in [5, 5.41) is 10.6. The van der Waals surface area contributed by atoms with E-state index in [0.717, 1.165) is 0 Å². The molecule has 0 fully saturated rings. The molecule has 0 aliphatic carbocycles. The Balaban J connectivity index is 3.22. The van der Waals surface area contributed by atoms with Crippen molar-refractivity contribution in [1.29, 1.82) is 0 Å². The molecule has 0 saturated heterocycles. The van der Waals surface area contributed by atoms with E-state index in [9.17, 15) is 5.11 Å². The third-order valence-electron chi connectivity index (χ3n) is 3.31. The van der Waals surface area contributed by atoms with Gasteiger partial charge in [0.2, 0.25) is 0 Å². The molecule has 0 aliphatic rings. The molecule has 1 rings (SSSR count). The summed E-state index contributed by atoms with van der Waals surface area (Å²) < 4.78 is 10.9. The van der Waals surface area contributed by atoms with Crippen LogP contribution in [0.1, 0.15) is 17.2 Å². The molecule has 0 radical (unpaired) electrons. The highest BCUT2D eigenvalue weighted by Crippen LogP contribution is 2.34. The number of hydrogen-bond donors (Lipinski definition) is 1. The lowest BCUT2D eigenvalue weighted by molar-refractivity contribution is 0.127. The number of nitrogens with zero attached hydrogens (tertiary/aromatic N) is 1. The van der Waals surface area contributed by atoms with Crippen LogP contribution in [0.3, 0.4) is 0 Å². The van der Waals surface area contributed by atoms with Crippen molar-refractivity contribution in [2.45, 2.75) is 6.10 Å². The standard InChI is InChI=1S/C22H19NO3/c1-6-11-23(12-7-2)17-20(24)19-16-22(26-14-9-4)21(25-13-8-3)15-18(19)10-5/h1-5,15-16,20,24H,11-14,17H2. The Bertz CT molecular complexity index is 806. The van der Waals surface area contributed by atoms with Gasteiger partial charge in [-0.25, -0.2) is 0 Å². The van der Waals surface area contributed by atoms with Gasteiger partial charge >= 0.3 is 0 Å². The smallest absolute Gasteiger partial charge is 0.163 e. The molecule has 0 amide bonds. The summed E-state index contributed by atoms with van der Waals surface area (Å²) in [5.74, 6) is 13.0. The first kappa shape index (κ1) is 20.6. The van der Waals surface area contributed by atoms with Crippen LogP contribution in [0.5, 0.6) is 11.5 Å². The molecule has 1 aromatic rings. The number of hydrogen-bond acceptors (Lipinski definition) is 4. The molecule has 0 bridgehead atoms. The summed E-state index contributed by atoms with van der Waals surface area (Å²) in [7, 11) is 0. The van der Waals surface area contributed by atoms with E-state index in [0.29, 0.717) is 35.7 Å². The molecule has 0 saturated carbocycles. The molecule has 1 aromatic carbocycles. The SMILES string of the molecule is C#CCOc1cc(C#C)c(C(O)CN(CC#C)CC#C)cc1OCC#C. The lowest BCUT2D eigenvalue weighted by atomic mass is 10.0. The minimum absolute atomic E-state index is 0.0255. The second-order valence-electron chi connectivity index (χ2n) is 5.11. The molecular formula is C22H19NO3. The largest absolute Gasteiger partial charge is 0.477 e. The average molecular weight is 345 g/mol. The summed E-state index contributed by atoms with van der Waals surface area (Å²) in [6.45, 7) is 0.878. The van der Waals surface area contributed by atoms with E-state index in [-0.39, 0.29) is 19.8 Å². The average Bonchev–Trinajstić information content (AvgIpc) is 2.64. The summed E-state index contributed by atoms with van der Waals surface area (Å²) in [5.41, 5.74) is 0.922. The number of terminal acetylenes is 5. The highest BCUT2D eigenvalue weighted by atomic mass is 16.5. The fourth-order valence-electron chi connectivity index (χ4n) is 2.23. The van der Waals surface area contributed by atoms with E-state index >= 15 is 0 Å². The highest BCUT2D eigenvalue weighted by Gasteiger charge is 2.19. The van der Waals surface area contributed by atoms with Gasteiger partial charge < -0.3 is 14.6 Å². The third-order valence-corrected chi connectivity index (χ3v) is 3.31. The van der Waals surface area contributed by atoms with Crippen LogP contribution >= 0.6 is 0 Å². The number of rotatable bonds is 9. The van der Waals surface area contributed by atoms with Crippen molar-refractivity contribution in [3.63, 3.8) is 0 Å². The van der Waals surface area contributed by atoms with Crippen molar-refractivity contribution in [3.8, 4) is 73.2 Å². The maximum Gasteiger partial charge on any atom is 0.163 e. The van der Waals surface area contributed by atoms with Gasteiger partial charge in [0.15, 0.2) is 11.5 Å². The molecule has 0 aliphatic heterocycles. The molecule has 1 atom stereocenters. The molecular weight excluding hydrogens is 326 g/mol. The second kappa shape index (κ2) is 11.2. The predicted octanol–water partition coefficient (Wildman–Crippen LogP) is 1.29. The topological polar surface area (TPSA) is 41.9 Å². The number of aliphatic hydroxyl groups excluding tert-OH is 1. The first-order chi connectivity index (χ1) is 12.6. The quantitative estimate of drug-likeness (QED) is 0.685. The summed E-state index contributed by atoms with van der Waals surface area (Å²) in [4.78, 5) is 1.75. The molecule has 1 unspecified atom stereocenters. The van der Waals surface area contributed by atoms with E-state index in [1.165, 1.54) is 0 Å². The van der Waals surface area contributed by atoms with Crippen LogP contribution in [0.25, 0.3) is 0 Å². The number of benzene rings is 1. The third kappa shape index (κ3) is 5.87. The van der Waals surface area contributed by atoms with Gasteiger partial charge in [-0.05, 0) is 6.07 Å². The zero-order valence-electron chi connectivity index (χ0n) is 14.4. The minimum Gasteiger partial charge on any atom is -0.477 e. The molecule has 0 heterocycles. The fourth-order valence-corrected chi connectivity index (χ4v) is 2.23. The van der Waals surface area contributed by atoms with E-state index in [2.05, 4.69) is 29.6 Å². The second-order valence-corrected chi connectivity index (χ2v) is 5.11. The predicted molar refractivity (Wildman–Crippen MR) is 102 cm³/mol. The van der Waals surface area contributed by atoms with Crippen LogP contribution < -0.4 is 9.47 Å². The summed E-state index contributed by atoms with van der Waals surface area (Å²) >= 11 is 0. The van der Waals surface area contributed by atoms with E-state index in [4.69, 9.17) is 41.6 Å². The van der Waals surface area contributed by atoms with Crippen molar-refractivity contribution in [3.05, 3.63) is 23.3 Å². The van der Waals surface area contributed by atoms with Crippen molar-refractivity contribution in [2.24, 2.45) is 0 Å².